The fourth-order valence-corrected chi connectivity index (χ4v) is 10.5. The van der Waals surface area contributed by atoms with Gasteiger partial charge in [0.1, 0.15) is 7.94 Å². The van der Waals surface area contributed by atoms with Crippen LogP contribution in [0.15, 0.2) is 0 Å². The highest BCUT2D eigenvalue weighted by Gasteiger charge is 2.63. The molecule has 0 unspecified atom stereocenters. The summed E-state index contributed by atoms with van der Waals surface area (Å²) in [6.07, 6.45) is 0. The molecule has 0 radical (unpaired) electrons. The quantitative estimate of drug-likeness (QED) is 0.688. The smallest absolute Gasteiger partial charge is 0.406 e. The van der Waals surface area contributed by atoms with Crippen LogP contribution in [0.5, 0.6) is 0 Å². The molecule has 1 heterocycles. The first kappa shape index (κ1) is 17.3. The van der Waals surface area contributed by atoms with Gasteiger partial charge in [0, 0.05) is 0 Å². The van der Waals surface area contributed by atoms with Gasteiger partial charge in [0.25, 0.3) is 0 Å². The van der Waals surface area contributed by atoms with Crippen molar-refractivity contribution in [1.82, 2.24) is 0 Å². The van der Waals surface area contributed by atoms with Gasteiger partial charge in [-0.1, -0.05) is 58.2 Å². The van der Waals surface area contributed by atoms with E-state index in [2.05, 4.69) is 69.2 Å². The Labute approximate surface area is 121 Å². The molecule has 0 aromatic heterocycles. The van der Waals surface area contributed by atoms with E-state index < -0.39 is 7.94 Å². The molecule has 0 aromatic carbocycles. The molecule has 112 valence electrons. The van der Waals surface area contributed by atoms with E-state index >= 15 is 0 Å². The number of rotatable bonds is 4. The predicted molar refractivity (Wildman–Crippen MR) is 87.1 cm³/mol. The van der Waals surface area contributed by atoms with Crippen molar-refractivity contribution in [3.63, 3.8) is 0 Å². The average Bonchev–Trinajstić information content (AvgIpc) is 2.33. The van der Waals surface area contributed by atoms with Gasteiger partial charge in [-0.2, -0.15) is 0 Å². The molecule has 0 atom stereocenters. The zero-order valence-electron chi connectivity index (χ0n) is 14.6. The standard InChI is InChI=1S/C15H33BO2Si/c1-11(2)19(12(3)4,13(5)6)16-17-14(7,8)15(9,10)18-16/h11-13H,1-10H3. The molecule has 1 rings (SSSR count). The lowest BCUT2D eigenvalue weighted by Gasteiger charge is -2.44. The zero-order chi connectivity index (χ0) is 15.2. The Morgan fingerprint density at radius 1 is 0.684 bits per heavy atom. The van der Waals surface area contributed by atoms with Crippen LogP contribution in [0.2, 0.25) is 16.6 Å². The maximum Gasteiger partial charge on any atom is 0.434 e. The molecule has 4 heteroatoms. The molecule has 0 aromatic rings. The topological polar surface area (TPSA) is 18.5 Å². The van der Waals surface area contributed by atoms with Crippen LogP contribution >= 0.6 is 0 Å². The predicted octanol–water partition coefficient (Wildman–Crippen LogP) is 4.84. The van der Waals surface area contributed by atoms with Gasteiger partial charge in [-0.15, -0.1) is 0 Å². The van der Waals surface area contributed by atoms with E-state index in [1.54, 1.807) is 0 Å². The fourth-order valence-electron chi connectivity index (χ4n) is 3.86. The van der Waals surface area contributed by atoms with E-state index in [0.29, 0.717) is 16.6 Å². The Hall–Kier alpha value is 0.202. The monoisotopic (exact) mass is 284 g/mol. The second-order valence-corrected chi connectivity index (χ2v) is 14.0. The van der Waals surface area contributed by atoms with Crippen molar-refractivity contribution < 1.29 is 9.31 Å². The van der Waals surface area contributed by atoms with Gasteiger partial charge >= 0.3 is 6.71 Å². The molecule has 0 N–H and O–H groups in total. The zero-order valence-corrected chi connectivity index (χ0v) is 15.6. The highest BCUT2D eigenvalue weighted by molar-refractivity contribution is 7.30. The third-order valence-electron chi connectivity index (χ3n) is 5.66. The molecule has 1 saturated heterocycles. The van der Waals surface area contributed by atoms with Crippen molar-refractivity contribution in [3.8, 4) is 0 Å². The van der Waals surface area contributed by atoms with Crippen LogP contribution < -0.4 is 0 Å². The number of hydrogen-bond donors (Lipinski definition) is 0. The third-order valence-corrected chi connectivity index (χ3v) is 12.7. The van der Waals surface area contributed by atoms with E-state index in [1.165, 1.54) is 0 Å². The van der Waals surface area contributed by atoms with E-state index in [4.69, 9.17) is 9.31 Å². The Morgan fingerprint density at radius 2 is 0.947 bits per heavy atom. The van der Waals surface area contributed by atoms with E-state index in [-0.39, 0.29) is 17.9 Å². The molecule has 0 amide bonds. The maximum atomic E-state index is 6.45. The van der Waals surface area contributed by atoms with Crippen LogP contribution in [0.4, 0.5) is 0 Å². The minimum atomic E-state index is -1.72. The third kappa shape index (κ3) is 2.56. The maximum absolute atomic E-state index is 6.45. The van der Waals surface area contributed by atoms with Crippen LogP contribution in [-0.4, -0.2) is 25.9 Å². The lowest BCUT2D eigenvalue weighted by Crippen LogP contribution is -2.60. The van der Waals surface area contributed by atoms with Crippen LogP contribution in [0.25, 0.3) is 0 Å². The molecular formula is C15H33BO2Si. The van der Waals surface area contributed by atoms with Gasteiger partial charge in [-0.3, -0.25) is 0 Å². The van der Waals surface area contributed by atoms with Crippen molar-refractivity contribution in [2.24, 2.45) is 0 Å². The van der Waals surface area contributed by atoms with E-state index in [0.717, 1.165) is 0 Å². The average molecular weight is 284 g/mol. The molecular weight excluding hydrogens is 251 g/mol. The molecule has 0 spiro atoms. The van der Waals surface area contributed by atoms with Crippen LogP contribution in [0, 0.1) is 0 Å². The summed E-state index contributed by atoms with van der Waals surface area (Å²) in [5.41, 5.74) is 1.54. The van der Waals surface area contributed by atoms with Crippen LogP contribution in [0.3, 0.4) is 0 Å². The van der Waals surface area contributed by atoms with Gasteiger partial charge in [-0.05, 0) is 27.7 Å². The van der Waals surface area contributed by atoms with Crippen LogP contribution in [0.1, 0.15) is 69.2 Å². The summed E-state index contributed by atoms with van der Waals surface area (Å²) in [6, 6.07) is 0. The molecule has 0 saturated carbocycles. The summed E-state index contributed by atoms with van der Waals surface area (Å²) in [4.78, 5) is 0. The Balaban J connectivity index is 3.23. The highest BCUT2D eigenvalue weighted by Crippen LogP contribution is 2.49. The SMILES string of the molecule is CC(C)[Si](B1OC(C)(C)C(C)(C)O1)(C(C)C)C(C)C. The summed E-state index contributed by atoms with van der Waals surface area (Å²) in [5, 5.41) is 0. The fraction of sp³-hybridized carbons (Fsp3) is 1.00. The van der Waals surface area contributed by atoms with Crippen molar-refractivity contribution in [1.29, 1.82) is 0 Å². The molecule has 19 heavy (non-hydrogen) atoms. The van der Waals surface area contributed by atoms with E-state index in [1.807, 2.05) is 0 Å². The Kier molecular flexibility index (Phi) is 4.72. The normalized spacial score (nSPS) is 22.9. The first-order chi connectivity index (χ1) is 8.39. The second kappa shape index (κ2) is 5.19. The summed E-state index contributed by atoms with van der Waals surface area (Å²) < 4.78 is 12.9. The number of hydrogen-bond acceptors (Lipinski definition) is 2. The lowest BCUT2D eigenvalue weighted by molar-refractivity contribution is 0.00578. The Morgan fingerprint density at radius 3 is 1.16 bits per heavy atom. The summed E-state index contributed by atoms with van der Waals surface area (Å²) in [7, 11) is -1.72. The van der Waals surface area contributed by atoms with Gasteiger partial charge < -0.3 is 9.31 Å². The molecule has 0 aliphatic carbocycles. The van der Waals surface area contributed by atoms with Gasteiger partial charge in [0.05, 0.1) is 11.2 Å². The Bertz CT molecular complexity index is 286. The molecule has 1 fully saturated rings. The van der Waals surface area contributed by atoms with Gasteiger partial charge in [0.2, 0.25) is 0 Å². The van der Waals surface area contributed by atoms with E-state index in [9.17, 15) is 0 Å². The van der Waals surface area contributed by atoms with Crippen LogP contribution in [-0.2, 0) is 9.31 Å². The molecule has 0 bridgehead atoms. The summed E-state index contributed by atoms with van der Waals surface area (Å²) in [5.74, 6) is 0. The van der Waals surface area contributed by atoms with Crippen molar-refractivity contribution >= 4 is 14.7 Å². The van der Waals surface area contributed by atoms with Crippen molar-refractivity contribution in [2.75, 3.05) is 0 Å². The molecule has 1 aliphatic heterocycles. The van der Waals surface area contributed by atoms with Gasteiger partial charge in [-0.25, -0.2) is 0 Å². The highest BCUT2D eigenvalue weighted by atomic mass is 28.3. The van der Waals surface area contributed by atoms with Crippen molar-refractivity contribution in [3.05, 3.63) is 0 Å². The lowest BCUT2D eigenvalue weighted by atomic mass is 9.90. The molecule has 2 nitrogen and oxygen atoms in total. The summed E-state index contributed by atoms with van der Waals surface area (Å²) >= 11 is 0. The van der Waals surface area contributed by atoms with Gasteiger partial charge in [0.15, 0.2) is 0 Å². The summed E-state index contributed by atoms with van der Waals surface area (Å²) in [6.45, 7) is 22.8. The first-order valence-electron chi connectivity index (χ1n) is 7.75. The first-order valence-corrected chi connectivity index (χ1v) is 10.1. The van der Waals surface area contributed by atoms with Crippen molar-refractivity contribution in [2.45, 2.75) is 97.1 Å². The minimum absolute atomic E-state index is 0.0116. The molecule has 1 aliphatic rings. The second-order valence-electron chi connectivity index (χ2n) is 8.05. The largest absolute Gasteiger partial charge is 0.434 e. The minimum Gasteiger partial charge on any atom is -0.406 e.